The maximum absolute atomic E-state index is 13.8. The van der Waals surface area contributed by atoms with Crippen LogP contribution >= 0.6 is 0 Å². The van der Waals surface area contributed by atoms with Gasteiger partial charge in [0, 0.05) is 25.2 Å². The molecule has 0 saturated carbocycles. The average Bonchev–Trinajstić information content (AvgIpc) is 2.93. The summed E-state index contributed by atoms with van der Waals surface area (Å²) in [6.45, 7) is 0.833. The van der Waals surface area contributed by atoms with Gasteiger partial charge < -0.3 is 9.64 Å². The molecule has 0 spiro atoms. The first-order valence-corrected chi connectivity index (χ1v) is 6.77. The number of hydrogen-bond acceptors (Lipinski definition) is 4. The summed E-state index contributed by atoms with van der Waals surface area (Å²) in [4.78, 5) is 15.2. The molecule has 22 heavy (non-hydrogen) atoms. The molecule has 8 heteroatoms. The molecule has 1 saturated heterocycles. The number of halogens is 2. The van der Waals surface area contributed by atoms with Gasteiger partial charge >= 0.3 is 0 Å². The molecule has 6 nitrogen and oxygen atoms in total. The van der Waals surface area contributed by atoms with Gasteiger partial charge in [0.2, 0.25) is 0 Å². The Balaban J connectivity index is 1.78. The number of hydrogen-bond donors (Lipinski definition) is 0. The summed E-state index contributed by atoms with van der Waals surface area (Å²) in [5, 5.41) is 7.82. The van der Waals surface area contributed by atoms with Crippen molar-refractivity contribution in [2.75, 3.05) is 19.7 Å². The second-order valence-electron chi connectivity index (χ2n) is 5.00. The predicted molar refractivity (Wildman–Crippen MR) is 72.0 cm³/mol. The van der Waals surface area contributed by atoms with E-state index in [1.807, 2.05) is 0 Å². The fourth-order valence-corrected chi connectivity index (χ4v) is 2.39. The summed E-state index contributed by atoms with van der Waals surface area (Å²) in [6.07, 6.45) is 0.751. The zero-order chi connectivity index (χ0) is 15.7. The van der Waals surface area contributed by atoms with Gasteiger partial charge in [-0.25, -0.2) is 8.78 Å². The van der Waals surface area contributed by atoms with Gasteiger partial charge in [0.15, 0.2) is 5.69 Å². The van der Waals surface area contributed by atoms with Gasteiger partial charge in [0.25, 0.3) is 5.91 Å². The lowest BCUT2D eigenvalue weighted by molar-refractivity contribution is -0.0245. The average molecular weight is 308 g/mol. The third-order valence-electron chi connectivity index (χ3n) is 3.48. The second kappa shape index (κ2) is 5.80. The minimum absolute atomic E-state index is 0.179. The summed E-state index contributed by atoms with van der Waals surface area (Å²) in [6, 6.07) is 3.32. The number of amides is 1. The van der Waals surface area contributed by atoms with Gasteiger partial charge in [0.1, 0.15) is 17.7 Å². The van der Waals surface area contributed by atoms with Crippen LogP contribution in [0.3, 0.4) is 0 Å². The minimum Gasteiger partial charge on any atom is -0.370 e. The maximum atomic E-state index is 13.8. The van der Waals surface area contributed by atoms with Crippen LogP contribution in [0.4, 0.5) is 8.78 Å². The van der Waals surface area contributed by atoms with Crippen molar-refractivity contribution < 1.29 is 18.3 Å². The molecule has 2 aromatic rings. The summed E-state index contributed by atoms with van der Waals surface area (Å²) in [5.74, 6) is -1.62. The summed E-state index contributed by atoms with van der Waals surface area (Å²) >= 11 is 0. The molecular formula is C14H14F2N4O2. The molecule has 1 amide bonds. The van der Waals surface area contributed by atoms with E-state index in [1.54, 1.807) is 7.05 Å². The highest BCUT2D eigenvalue weighted by molar-refractivity contribution is 5.92. The van der Waals surface area contributed by atoms with Crippen LogP contribution in [-0.4, -0.2) is 45.5 Å². The summed E-state index contributed by atoms with van der Waals surface area (Å²) in [5.41, 5.74) is 0.459. The summed E-state index contributed by atoms with van der Waals surface area (Å²) < 4.78 is 32.3. The standard InChI is InChI=1S/C14H14F2N4O2/c1-19-17-7-12(18-19)14(21)20-4-5-22-13(8-20)10-3-2-9(15)6-11(10)16/h2-3,6-7,13H,4-5,8H2,1H3. The van der Waals surface area contributed by atoms with Crippen molar-refractivity contribution in [3.8, 4) is 0 Å². The van der Waals surface area contributed by atoms with E-state index in [4.69, 9.17) is 4.74 Å². The Morgan fingerprint density at radius 3 is 2.91 bits per heavy atom. The van der Waals surface area contributed by atoms with Crippen LogP contribution in [0.15, 0.2) is 24.4 Å². The Labute approximate surface area is 125 Å². The van der Waals surface area contributed by atoms with Crippen LogP contribution in [0.25, 0.3) is 0 Å². The predicted octanol–water partition coefficient (Wildman–Crippen LogP) is 1.31. The minimum atomic E-state index is -0.682. The first kappa shape index (κ1) is 14.6. The molecule has 1 atom stereocenters. The van der Waals surface area contributed by atoms with E-state index >= 15 is 0 Å². The van der Waals surface area contributed by atoms with Crippen molar-refractivity contribution >= 4 is 5.91 Å². The molecule has 0 N–H and O–H groups in total. The zero-order valence-electron chi connectivity index (χ0n) is 11.9. The molecule has 1 fully saturated rings. The molecule has 3 rings (SSSR count). The van der Waals surface area contributed by atoms with E-state index in [0.717, 1.165) is 6.07 Å². The molecular weight excluding hydrogens is 294 g/mol. The molecule has 1 aromatic carbocycles. The Morgan fingerprint density at radius 1 is 1.41 bits per heavy atom. The topological polar surface area (TPSA) is 60.2 Å². The van der Waals surface area contributed by atoms with E-state index in [9.17, 15) is 13.6 Å². The Hall–Kier alpha value is -2.35. The molecule has 0 aliphatic carbocycles. The number of morpholine rings is 1. The monoisotopic (exact) mass is 308 g/mol. The Morgan fingerprint density at radius 2 is 2.23 bits per heavy atom. The number of benzene rings is 1. The number of aryl methyl sites for hydroxylation is 1. The van der Waals surface area contributed by atoms with Gasteiger partial charge in [-0.15, -0.1) is 5.10 Å². The Bertz CT molecular complexity index is 704. The number of carbonyl (C=O) groups excluding carboxylic acids is 1. The number of rotatable bonds is 2. The van der Waals surface area contributed by atoms with E-state index in [1.165, 1.54) is 28.0 Å². The lowest BCUT2D eigenvalue weighted by atomic mass is 10.1. The van der Waals surface area contributed by atoms with E-state index < -0.39 is 17.7 Å². The van der Waals surface area contributed by atoms with Crippen LogP contribution in [-0.2, 0) is 11.8 Å². The van der Waals surface area contributed by atoms with Crippen molar-refractivity contribution in [1.29, 1.82) is 0 Å². The van der Waals surface area contributed by atoms with Gasteiger partial charge in [0.05, 0.1) is 19.3 Å². The van der Waals surface area contributed by atoms with Crippen LogP contribution in [0.5, 0.6) is 0 Å². The quantitative estimate of drug-likeness (QED) is 0.839. The number of ether oxygens (including phenoxy) is 1. The lowest BCUT2D eigenvalue weighted by Gasteiger charge is -2.32. The van der Waals surface area contributed by atoms with Crippen LogP contribution < -0.4 is 0 Å². The van der Waals surface area contributed by atoms with E-state index in [0.29, 0.717) is 6.54 Å². The number of nitrogens with zero attached hydrogens (tertiary/aromatic N) is 4. The SMILES string of the molecule is Cn1ncc(C(=O)N2CCOC(c3ccc(F)cc3F)C2)n1. The van der Waals surface area contributed by atoms with Crippen LogP contribution in [0, 0.1) is 11.6 Å². The van der Waals surface area contributed by atoms with Gasteiger partial charge in [-0.3, -0.25) is 4.79 Å². The molecule has 116 valence electrons. The van der Waals surface area contributed by atoms with Crippen molar-refractivity contribution in [3.63, 3.8) is 0 Å². The lowest BCUT2D eigenvalue weighted by Crippen LogP contribution is -2.42. The van der Waals surface area contributed by atoms with Crippen LogP contribution in [0.2, 0.25) is 0 Å². The second-order valence-corrected chi connectivity index (χ2v) is 5.00. The first-order chi connectivity index (χ1) is 10.5. The number of aromatic nitrogens is 3. The Kier molecular flexibility index (Phi) is 3.84. The first-order valence-electron chi connectivity index (χ1n) is 6.77. The van der Waals surface area contributed by atoms with Gasteiger partial charge in [-0.05, 0) is 6.07 Å². The van der Waals surface area contributed by atoms with Gasteiger partial charge in [-0.2, -0.15) is 9.90 Å². The van der Waals surface area contributed by atoms with Crippen LogP contribution in [0.1, 0.15) is 22.2 Å². The molecule has 1 unspecified atom stereocenters. The van der Waals surface area contributed by atoms with E-state index in [-0.39, 0.29) is 30.3 Å². The highest BCUT2D eigenvalue weighted by atomic mass is 19.1. The normalized spacial score (nSPS) is 18.5. The summed E-state index contributed by atoms with van der Waals surface area (Å²) in [7, 11) is 1.62. The molecule has 1 aromatic heterocycles. The third kappa shape index (κ3) is 2.82. The maximum Gasteiger partial charge on any atom is 0.276 e. The molecule has 0 bridgehead atoms. The zero-order valence-corrected chi connectivity index (χ0v) is 11.9. The molecule has 0 radical (unpaired) electrons. The molecule has 2 heterocycles. The highest BCUT2D eigenvalue weighted by Crippen LogP contribution is 2.25. The smallest absolute Gasteiger partial charge is 0.276 e. The highest BCUT2D eigenvalue weighted by Gasteiger charge is 2.29. The molecule has 1 aliphatic rings. The fraction of sp³-hybridized carbons (Fsp3) is 0.357. The van der Waals surface area contributed by atoms with Crippen molar-refractivity contribution in [2.45, 2.75) is 6.10 Å². The van der Waals surface area contributed by atoms with Crippen molar-refractivity contribution in [2.24, 2.45) is 7.05 Å². The number of carbonyl (C=O) groups is 1. The largest absolute Gasteiger partial charge is 0.370 e. The fourth-order valence-electron chi connectivity index (χ4n) is 2.39. The van der Waals surface area contributed by atoms with E-state index in [2.05, 4.69) is 10.2 Å². The molecule has 1 aliphatic heterocycles. The third-order valence-corrected chi connectivity index (χ3v) is 3.48. The van der Waals surface area contributed by atoms with Gasteiger partial charge in [-0.1, -0.05) is 6.07 Å². The van der Waals surface area contributed by atoms with Crippen molar-refractivity contribution in [3.05, 3.63) is 47.3 Å². The van der Waals surface area contributed by atoms with Crippen molar-refractivity contribution in [1.82, 2.24) is 19.9 Å².